The summed E-state index contributed by atoms with van der Waals surface area (Å²) in [5.74, 6) is -2.84. The lowest BCUT2D eigenvalue weighted by Gasteiger charge is -2.25. The second-order valence-electron chi connectivity index (χ2n) is 7.04. The van der Waals surface area contributed by atoms with Gasteiger partial charge in [-0.25, -0.2) is 9.69 Å². The van der Waals surface area contributed by atoms with E-state index in [4.69, 9.17) is 25.8 Å². The van der Waals surface area contributed by atoms with E-state index in [-0.39, 0.29) is 60.1 Å². The Morgan fingerprint density at radius 1 is 1.03 bits per heavy atom. The Kier molecular flexibility index (Phi) is 10.5. The van der Waals surface area contributed by atoms with Gasteiger partial charge in [-0.3, -0.25) is 14.4 Å². The van der Waals surface area contributed by atoms with Crippen LogP contribution >= 0.6 is 22.9 Å². The van der Waals surface area contributed by atoms with Gasteiger partial charge in [0.05, 0.1) is 18.1 Å². The second-order valence-corrected chi connectivity index (χ2v) is 8.47. The molecule has 33 heavy (non-hydrogen) atoms. The van der Waals surface area contributed by atoms with Crippen molar-refractivity contribution in [2.45, 2.75) is 59.3 Å². The highest BCUT2D eigenvalue weighted by Gasteiger charge is 2.36. The molecule has 0 unspecified atom stereocenters. The monoisotopic (exact) mass is 503 g/mol. The minimum absolute atomic E-state index is 0.0816. The maximum absolute atomic E-state index is 15.0. The Bertz CT molecular complexity index is 943. The molecule has 11 heteroatoms. The number of carbonyl (C=O) groups is 4. The zero-order chi connectivity index (χ0) is 24.5. The summed E-state index contributed by atoms with van der Waals surface area (Å²) in [6, 6.07) is 0. The SMILES string of the molecule is CCOCOC(=O)C1=C(C(=O)N(C(=O)CC)c2c(F)sc(CC(=O)OCC)c2Cl)CCCC1. The number of imide groups is 1. The van der Waals surface area contributed by atoms with Crippen molar-refractivity contribution in [3.05, 3.63) is 26.2 Å². The van der Waals surface area contributed by atoms with Crippen molar-refractivity contribution in [3.8, 4) is 0 Å². The lowest BCUT2D eigenvalue weighted by atomic mass is 9.90. The van der Waals surface area contributed by atoms with Crippen LogP contribution < -0.4 is 4.90 Å². The van der Waals surface area contributed by atoms with Gasteiger partial charge in [0.15, 0.2) is 6.79 Å². The lowest BCUT2D eigenvalue weighted by Crippen LogP contribution is -2.39. The molecule has 182 valence electrons. The smallest absolute Gasteiger partial charge is 0.336 e. The predicted octanol–water partition coefficient (Wildman–Crippen LogP) is 4.32. The van der Waals surface area contributed by atoms with Crippen LogP contribution in [0.1, 0.15) is 57.8 Å². The second kappa shape index (κ2) is 12.8. The molecule has 1 heterocycles. The minimum Gasteiger partial charge on any atom is -0.466 e. The number of amides is 2. The number of rotatable bonds is 10. The molecule has 1 aromatic heterocycles. The number of carbonyl (C=O) groups excluding carboxylic acids is 4. The van der Waals surface area contributed by atoms with Crippen molar-refractivity contribution in [1.82, 2.24) is 0 Å². The molecule has 2 amide bonds. The fourth-order valence-electron chi connectivity index (χ4n) is 3.33. The molecule has 0 saturated carbocycles. The molecule has 1 aliphatic carbocycles. The van der Waals surface area contributed by atoms with Crippen molar-refractivity contribution in [3.63, 3.8) is 0 Å². The first kappa shape index (κ1) is 26.9. The third kappa shape index (κ3) is 6.61. The van der Waals surface area contributed by atoms with Gasteiger partial charge in [0.25, 0.3) is 5.91 Å². The van der Waals surface area contributed by atoms with Gasteiger partial charge in [-0.1, -0.05) is 18.5 Å². The van der Waals surface area contributed by atoms with E-state index < -0.39 is 34.6 Å². The summed E-state index contributed by atoms with van der Waals surface area (Å²) in [7, 11) is 0. The number of esters is 2. The molecule has 0 N–H and O–H groups in total. The van der Waals surface area contributed by atoms with Crippen molar-refractivity contribution in [2.24, 2.45) is 0 Å². The van der Waals surface area contributed by atoms with Crippen molar-refractivity contribution in [1.29, 1.82) is 0 Å². The van der Waals surface area contributed by atoms with Crippen LogP contribution in [0.3, 0.4) is 0 Å². The molecule has 0 bridgehead atoms. The number of anilines is 1. The van der Waals surface area contributed by atoms with E-state index in [0.29, 0.717) is 35.7 Å². The van der Waals surface area contributed by atoms with Gasteiger partial charge in [-0.2, -0.15) is 4.39 Å². The van der Waals surface area contributed by atoms with Gasteiger partial charge in [0.2, 0.25) is 11.0 Å². The quantitative estimate of drug-likeness (QED) is 0.266. The molecule has 0 saturated heterocycles. The van der Waals surface area contributed by atoms with Crippen molar-refractivity contribution < 1.29 is 37.8 Å². The average Bonchev–Trinajstić information content (AvgIpc) is 3.06. The number of thiophene rings is 1. The van der Waals surface area contributed by atoms with E-state index in [1.54, 1.807) is 13.8 Å². The van der Waals surface area contributed by atoms with E-state index in [2.05, 4.69) is 0 Å². The van der Waals surface area contributed by atoms with Crippen LogP contribution in [0.4, 0.5) is 10.1 Å². The van der Waals surface area contributed by atoms with Crippen LogP contribution in [-0.4, -0.2) is 43.8 Å². The Morgan fingerprint density at radius 2 is 1.70 bits per heavy atom. The summed E-state index contributed by atoms with van der Waals surface area (Å²) in [4.78, 5) is 51.4. The van der Waals surface area contributed by atoms with Crippen LogP contribution in [0.5, 0.6) is 0 Å². The zero-order valence-electron chi connectivity index (χ0n) is 18.8. The van der Waals surface area contributed by atoms with E-state index in [1.807, 2.05) is 0 Å². The summed E-state index contributed by atoms with van der Waals surface area (Å²) < 4.78 is 29.9. The summed E-state index contributed by atoms with van der Waals surface area (Å²) in [5.41, 5.74) is -0.200. The number of hydrogen-bond acceptors (Lipinski definition) is 8. The van der Waals surface area contributed by atoms with E-state index in [0.717, 1.165) is 0 Å². The highest BCUT2D eigenvalue weighted by atomic mass is 35.5. The number of hydrogen-bond donors (Lipinski definition) is 0. The highest BCUT2D eigenvalue weighted by Crippen LogP contribution is 2.41. The van der Waals surface area contributed by atoms with Crippen molar-refractivity contribution in [2.75, 3.05) is 24.9 Å². The third-order valence-electron chi connectivity index (χ3n) is 4.89. The van der Waals surface area contributed by atoms with Crippen LogP contribution in [0.15, 0.2) is 11.1 Å². The van der Waals surface area contributed by atoms with Crippen LogP contribution in [0, 0.1) is 5.13 Å². The van der Waals surface area contributed by atoms with Gasteiger partial charge in [-0.05, 0) is 39.5 Å². The normalized spacial score (nSPS) is 13.6. The number of ether oxygens (including phenoxy) is 3. The summed E-state index contributed by atoms with van der Waals surface area (Å²) in [6.07, 6.45) is 1.38. The predicted molar refractivity (Wildman–Crippen MR) is 120 cm³/mol. The average molecular weight is 504 g/mol. The lowest BCUT2D eigenvalue weighted by molar-refractivity contribution is -0.151. The first-order chi connectivity index (χ1) is 15.8. The molecule has 1 aromatic rings. The molecule has 0 spiro atoms. The largest absolute Gasteiger partial charge is 0.466 e. The molecule has 0 aliphatic heterocycles. The summed E-state index contributed by atoms with van der Waals surface area (Å²) in [5, 5.41) is -1.09. The molecule has 8 nitrogen and oxygen atoms in total. The maximum atomic E-state index is 15.0. The molecule has 0 fully saturated rings. The van der Waals surface area contributed by atoms with Gasteiger partial charge < -0.3 is 14.2 Å². The van der Waals surface area contributed by atoms with Crippen molar-refractivity contribution >= 4 is 52.4 Å². The van der Waals surface area contributed by atoms with Gasteiger partial charge >= 0.3 is 11.9 Å². The molecule has 2 rings (SSSR count). The Morgan fingerprint density at radius 3 is 2.30 bits per heavy atom. The van der Waals surface area contributed by atoms with Crippen LogP contribution in [0.25, 0.3) is 0 Å². The first-order valence-corrected chi connectivity index (χ1v) is 11.9. The van der Waals surface area contributed by atoms with Crippen LogP contribution in [-0.2, 0) is 39.8 Å². The molecule has 1 aliphatic rings. The maximum Gasteiger partial charge on any atom is 0.336 e. The zero-order valence-corrected chi connectivity index (χ0v) is 20.4. The Hall–Kier alpha value is -2.30. The highest BCUT2D eigenvalue weighted by molar-refractivity contribution is 7.11. The molecular formula is C22H27ClFNO7S. The standard InChI is InChI=1S/C22H27ClFNO7S/c1-4-16(26)25(19-18(23)15(33-20(19)24)11-17(27)31-6-3)21(28)13-9-7-8-10-14(13)22(29)32-12-30-5-2/h4-12H2,1-3H3. The number of halogens is 2. The fraction of sp³-hybridized carbons (Fsp3) is 0.545. The van der Waals surface area contributed by atoms with Gasteiger partial charge in [0.1, 0.15) is 5.69 Å². The molecule has 0 radical (unpaired) electrons. The topological polar surface area (TPSA) is 99.2 Å². The third-order valence-corrected chi connectivity index (χ3v) is 6.38. The van der Waals surface area contributed by atoms with E-state index in [9.17, 15) is 23.6 Å². The van der Waals surface area contributed by atoms with Gasteiger partial charge in [0, 0.05) is 29.1 Å². The first-order valence-electron chi connectivity index (χ1n) is 10.7. The van der Waals surface area contributed by atoms with Gasteiger partial charge in [-0.15, -0.1) is 11.3 Å². The molecular weight excluding hydrogens is 477 g/mol. The molecule has 0 aromatic carbocycles. The Labute approximate surface area is 200 Å². The molecule has 0 atom stereocenters. The summed E-state index contributed by atoms with van der Waals surface area (Å²) >= 11 is 6.89. The van der Waals surface area contributed by atoms with Crippen LogP contribution in [0.2, 0.25) is 5.02 Å². The fourth-order valence-corrected chi connectivity index (χ4v) is 4.62. The van der Waals surface area contributed by atoms with E-state index in [1.165, 1.54) is 6.92 Å². The minimum atomic E-state index is -0.883. The van der Waals surface area contributed by atoms with E-state index >= 15 is 0 Å². The number of nitrogens with zero attached hydrogens (tertiary/aromatic N) is 1. The Balaban J connectivity index is 2.47. The summed E-state index contributed by atoms with van der Waals surface area (Å²) in [6.45, 7) is 5.13.